The second kappa shape index (κ2) is 6.56. The summed E-state index contributed by atoms with van der Waals surface area (Å²) in [4.78, 5) is 9.69. The zero-order chi connectivity index (χ0) is 15.6. The van der Waals surface area contributed by atoms with E-state index in [4.69, 9.17) is 0 Å². The van der Waals surface area contributed by atoms with Gasteiger partial charge in [0.2, 0.25) is 0 Å². The van der Waals surface area contributed by atoms with Crippen molar-refractivity contribution in [3.05, 3.63) is 42.1 Å². The number of rotatable bonds is 4. The predicted molar refractivity (Wildman–Crippen MR) is 92.2 cm³/mol. The molecule has 4 heteroatoms. The number of piperazine rings is 1. The van der Waals surface area contributed by atoms with Gasteiger partial charge in [-0.1, -0.05) is 18.2 Å². The van der Waals surface area contributed by atoms with Crippen molar-refractivity contribution in [2.45, 2.75) is 37.9 Å². The van der Waals surface area contributed by atoms with Crippen molar-refractivity contribution in [1.82, 2.24) is 14.8 Å². The van der Waals surface area contributed by atoms with E-state index in [9.17, 15) is 5.11 Å². The van der Waals surface area contributed by atoms with Gasteiger partial charge in [-0.2, -0.15) is 0 Å². The third-order valence-corrected chi connectivity index (χ3v) is 5.48. The third kappa shape index (κ3) is 2.99. The molecule has 4 rings (SSSR count). The molecule has 3 heterocycles. The lowest BCUT2D eigenvalue weighted by Crippen LogP contribution is -2.55. The molecule has 2 aromatic rings. The summed E-state index contributed by atoms with van der Waals surface area (Å²) in [7, 11) is 0. The zero-order valence-electron chi connectivity index (χ0n) is 13.6. The highest BCUT2D eigenvalue weighted by molar-refractivity contribution is 5.81. The molecular formula is C19H25N3O. The fourth-order valence-corrected chi connectivity index (χ4v) is 4.28. The molecule has 2 aliphatic rings. The standard InChI is InChI=1S/C19H25N3O/c23-11-8-17-13-21-10-3-4-16(21)14-22(17)12-15-7-9-20-19-6-2-1-5-18(15)19/h1-2,5-7,9,16-17,23H,3-4,8,10-14H2/t16-,17-/m0/s1. The molecule has 0 unspecified atom stereocenters. The number of hydrogen-bond acceptors (Lipinski definition) is 4. The van der Waals surface area contributed by atoms with Crippen LogP contribution in [0.25, 0.3) is 10.9 Å². The Morgan fingerprint density at radius 2 is 2.09 bits per heavy atom. The number of para-hydroxylation sites is 1. The highest BCUT2D eigenvalue weighted by Crippen LogP contribution is 2.28. The van der Waals surface area contributed by atoms with Crippen molar-refractivity contribution in [2.75, 3.05) is 26.2 Å². The average molecular weight is 311 g/mol. The maximum absolute atomic E-state index is 9.46. The monoisotopic (exact) mass is 311 g/mol. The average Bonchev–Trinajstić information content (AvgIpc) is 3.03. The second-order valence-electron chi connectivity index (χ2n) is 6.87. The molecular weight excluding hydrogens is 286 g/mol. The van der Waals surface area contributed by atoms with Gasteiger partial charge in [-0.15, -0.1) is 0 Å². The summed E-state index contributed by atoms with van der Waals surface area (Å²) in [6.07, 6.45) is 5.43. The Hall–Kier alpha value is -1.49. The number of aromatic nitrogens is 1. The van der Waals surface area contributed by atoms with E-state index in [1.165, 1.54) is 30.3 Å². The number of benzene rings is 1. The Morgan fingerprint density at radius 3 is 3.00 bits per heavy atom. The highest BCUT2D eigenvalue weighted by Gasteiger charge is 2.35. The van der Waals surface area contributed by atoms with Gasteiger partial charge in [-0.05, 0) is 43.5 Å². The molecule has 0 saturated carbocycles. The number of fused-ring (bicyclic) bond motifs is 2. The normalized spacial score (nSPS) is 25.8. The minimum Gasteiger partial charge on any atom is -0.396 e. The minimum atomic E-state index is 0.275. The fraction of sp³-hybridized carbons (Fsp3) is 0.526. The van der Waals surface area contributed by atoms with Crippen molar-refractivity contribution >= 4 is 10.9 Å². The van der Waals surface area contributed by atoms with E-state index in [0.29, 0.717) is 12.1 Å². The van der Waals surface area contributed by atoms with Crippen LogP contribution in [0.5, 0.6) is 0 Å². The van der Waals surface area contributed by atoms with Gasteiger partial charge in [-0.25, -0.2) is 0 Å². The van der Waals surface area contributed by atoms with Crippen LogP contribution in [-0.2, 0) is 6.54 Å². The van der Waals surface area contributed by atoms with Crippen LogP contribution in [0, 0.1) is 0 Å². The molecule has 1 N–H and O–H groups in total. The van der Waals surface area contributed by atoms with E-state index in [2.05, 4.69) is 39.0 Å². The lowest BCUT2D eigenvalue weighted by atomic mass is 10.0. The second-order valence-corrected chi connectivity index (χ2v) is 6.87. The summed E-state index contributed by atoms with van der Waals surface area (Å²) in [6, 6.07) is 11.7. The largest absolute Gasteiger partial charge is 0.396 e. The first-order chi connectivity index (χ1) is 11.3. The predicted octanol–water partition coefficient (Wildman–Crippen LogP) is 2.27. The lowest BCUT2D eigenvalue weighted by Gasteiger charge is -2.43. The fourth-order valence-electron chi connectivity index (χ4n) is 4.28. The minimum absolute atomic E-state index is 0.275. The van der Waals surface area contributed by atoms with Gasteiger partial charge >= 0.3 is 0 Å². The number of hydrogen-bond donors (Lipinski definition) is 1. The van der Waals surface area contributed by atoms with Crippen molar-refractivity contribution in [1.29, 1.82) is 0 Å². The molecule has 122 valence electrons. The maximum atomic E-state index is 9.46. The van der Waals surface area contributed by atoms with E-state index >= 15 is 0 Å². The molecule has 0 aliphatic carbocycles. The van der Waals surface area contributed by atoms with Crippen LogP contribution in [0.2, 0.25) is 0 Å². The van der Waals surface area contributed by atoms with E-state index in [1.54, 1.807) is 0 Å². The van der Waals surface area contributed by atoms with Crippen LogP contribution >= 0.6 is 0 Å². The molecule has 23 heavy (non-hydrogen) atoms. The molecule has 0 spiro atoms. The van der Waals surface area contributed by atoms with Crippen molar-refractivity contribution in [3.8, 4) is 0 Å². The maximum Gasteiger partial charge on any atom is 0.0705 e. The van der Waals surface area contributed by atoms with Gasteiger partial charge in [0.15, 0.2) is 0 Å². The Morgan fingerprint density at radius 1 is 1.17 bits per heavy atom. The van der Waals surface area contributed by atoms with Crippen LogP contribution in [0.3, 0.4) is 0 Å². The summed E-state index contributed by atoms with van der Waals surface area (Å²) in [6.45, 7) is 4.70. The van der Waals surface area contributed by atoms with E-state index in [-0.39, 0.29) is 6.61 Å². The number of aliphatic hydroxyl groups is 1. The van der Waals surface area contributed by atoms with Gasteiger partial charge in [0.05, 0.1) is 5.52 Å². The lowest BCUT2D eigenvalue weighted by molar-refractivity contribution is 0.0336. The van der Waals surface area contributed by atoms with Crippen LogP contribution < -0.4 is 0 Å². The summed E-state index contributed by atoms with van der Waals surface area (Å²) in [5, 5.41) is 10.7. The van der Waals surface area contributed by atoms with Crippen molar-refractivity contribution in [3.63, 3.8) is 0 Å². The van der Waals surface area contributed by atoms with Crippen molar-refractivity contribution < 1.29 is 5.11 Å². The van der Waals surface area contributed by atoms with Gasteiger partial charge in [0, 0.05) is 49.9 Å². The topological polar surface area (TPSA) is 39.6 Å². The van der Waals surface area contributed by atoms with E-state index in [1.807, 2.05) is 12.3 Å². The van der Waals surface area contributed by atoms with E-state index < -0.39 is 0 Å². The van der Waals surface area contributed by atoms with Gasteiger partial charge in [0.25, 0.3) is 0 Å². The molecule has 2 atom stereocenters. The summed E-state index contributed by atoms with van der Waals surface area (Å²) in [5.74, 6) is 0. The molecule has 0 bridgehead atoms. The summed E-state index contributed by atoms with van der Waals surface area (Å²) < 4.78 is 0. The smallest absolute Gasteiger partial charge is 0.0705 e. The Labute approximate surface area is 137 Å². The van der Waals surface area contributed by atoms with Crippen LogP contribution in [0.1, 0.15) is 24.8 Å². The summed E-state index contributed by atoms with van der Waals surface area (Å²) >= 11 is 0. The van der Waals surface area contributed by atoms with Gasteiger partial charge in [0.1, 0.15) is 0 Å². The SMILES string of the molecule is OCC[C@H]1CN2CCC[C@H]2CN1Cc1ccnc2ccccc12. The van der Waals surface area contributed by atoms with Crippen LogP contribution in [-0.4, -0.2) is 58.2 Å². The quantitative estimate of drug-likeness (QED) is 0.940. The molecule has 4 nitrogen and oxygen atoms in total. The first-order valence-electron chi connectivity index (χ1n) is 8.77. The molecule has 2 fully saturated rings. The first kappa shape index (κ1) is 15.1. The van der Waals surface area contributed by atoms with Crippen LogP contribution in [0.15, 0.2) is 36.5 Å². The Bertz CT molecular complexity index is 669. The summed E-state index contributed by atoms with van der Waals surface area (Å²) in [5.41, 5.74) is 2.42. The Balaban J connectivity index is 1.59. The zero-order valence-corrected chi connectivity index (χ0v) is 13.6. The number of aliphatic hydroxyl groups excluding tert-OH is 1. The van der Waals surface area contributed by atoms with Gasteiger partial charge < -0.3 is 5.11 Å². The van der Waals surface area contributed by atoms with E-state index in [0.717, 1.165) is 31.6 Å². The van der Waals surface area contributed by atoms with Crippen molar-refractivity contribution in [2.24, 2.45) is 0 Å². The molecule has 0 amide bonds. The number of nitrogens with zero attached hydrogens (tertiary/aromatic N) is 3. The van der Waals surface area contributed by atoms with Crippen LogP contribution in [0.4, 0.5) is 0 Å². The Kier molecular flexibility index (Phi) is 4.29. The molecule has 0 radical (unpaired) electrons. The van der Waals surface area contributed by atoms with Gasteiger partial charge in [-0.3, -0.25) is 14.8 Å². The highest BCUT2D eigenvalue weighted by atomic mass is 16.3. The molecule has 1 aromatic carbocycles. The molecule has 2 saturated heterocycles. The number of pyridine rings is 1. The first-order valence-corrected chi connectivity index (χ1v) is 8.77. The molecule has 1 aromatic heterocycles. The molecule has 2 aliphatic heterocycles. The third-order valence-electron chi connectivity index (χ3n) is 5.48.